The van der Waals surface area contributed by atoms with Crippen molar-refractivity contribution < 1.29 is 24.2 Å². The second-order valence-corrected chi connectivity index (χ2v) is 12.7. The molecule has 1 heterocycles. The van der Waals surface area contributed by atoms with E-state index < -0.39 is 22.6 Å². The van der Waals surface area contributed by atoms with E-state index in [-0.39, 0.29) is 23.7 Å². The van der Waals surface area contributed by atoms with E-state index in [2.05, 4.69) is 31.6 Å². The Morgan fingerprint density at radius 2 is 1.71 bits per heavy atom. The topological polar surface area (TPSA) is 108 Å². The fourth-order valence-corrected chi connectivity index (χ4v) is 6.29. The molecule has 0 saturated carbocycles. The summed E-state index contributed by atoms with van der Waals surface area (Å²) in [6.07, 6.45) is 1.71. The third kappa shape index (κ3) is 7.85. The highest BCUT2D eigenvalue weighted by molar-refractivity contribution is 8.01. The van der Waals surface area contributed by atoms with E-state index in [1.54, 1.807) is 0 Å². The maximum atomic E-state index is 13.7. The molecule has 1 aliphatic rings. The van der Waals surface area contributed by atoms with Crippen LogP contribution in [0.1, 0.15) is 69.9 Å². The van der Waals surface area contributed by atoms with Crippen LogP contribution in [0, 0.1) is 0 Å². The van der Waals surface area contributed by atoms with Crippen LogP contribution in [0.15, 0.2) is 78.9 Å². The molecule has 2 unspecified atom stereocenters. The summed E-state index contributed by atoms with van der Waals surface area (Å²) in [7, 11) is 0. The molecule has 8 nitrogen and oxygen atoms in total. The fourth-order valence-electron chi connectivity index (χ4n) is 4.81. The number of para-hydroxylation sites is 1. The first-order valence-corrected chi connectivity index (χ1v) is 15.2. The standard InChI is InChI=1S/C33H39N3O5S/c1-5-6-15-27(32(39)40)36-30(38)28(21-29(37)35-34-24-12-8-7-9-13-24)42-31(36)22-11-10-14-26(20-22)41-25-18-16-23(17-19-25)33(2,3)4/h7-14,16-20,27-28,31,34H,5-6,15,21H2,1-4H3,(H,35,37)(H,39,40)/t27-,28?,31?/m0/s1. The number of carbonyl (C=O) groups is 3. The van der Waals surface area contributed by atoms with Gasteiger partial charge in [-0.05, 0) is 59.4 Å². The molecule has 42 heavy (non-hydrogen) atoms. The van der Waals surface area contributed by atoms with Crippen molar-refractivity contribution in [2.24, 2.45) is 0 Å². The molecule has 3 aromatic carbocycles. The third-order valence-corrected chi connectivity index (χ3v) is 8.57. The van der Waals surface area contributed by atoms with Gasteiger partial charge in [0.15, 0.2) is 0 Å². The minimum absolute atomic E-state index is 0.0254. The number of carboxylic acids is 1. The van der Waals surface area contributed by atoms with E-state index in [4.69, 9.17) is 4.74 Å². The van der Waals surface area contributed by atoms with Crippen LogP contribution in [0.25, 0.3) is 0 Å². The van der Waals surface area contributed by atoms with Gasteiger partial charge in [-0.15, -0.1) is 11.8 Å². The van der Waals surface area contributed by atoms with E-state index in [0.29, 0.717) is 30.0 Å². The molecule has 3 atom stereocenters. The molecule has 1 fully saturated rings. The average Bonchev–Trinajstić information content (AvgIpc) is 3.27. The van der Waals surface area contributed by atoms with E-state index in [1.807, 2.05) is 85.8 Å². The molecule has 222 valence electrons. The Labute approximate surface area is 251 Å². The van der Waals surface area contributed by atoms with Crippen molar-refractivity contribution >= 4 is 35.2 Å². The lowest BCUT2D eigenvalue weighted by Crippen LogP contribution is -2.45. The van der Waals surface area contributed by atoms with E-state index in [9.17, 15) is 19.5 Å². The maximum absolute atomic E-state index is 13.7. The van der Waals surface area contributed by atoms with Gasteiger partial charge in [-0.25, -0.2) is 4.79 Å². The van der Waals surface area contributed by atoms with E-state index >= 15 is 0 Å². The number of rotatable bonds is 12. The quantitative estimate of drug-likeness (QED) is 0.197. The number of benzene rings is 3. The molecule has 0 aliphatic carbocycles. The molecular weight excluding hydrogens is 550 g/mol. The van der Waals surface area contributed by atoms with Crippen molar-refractivity contribution in [2.45, 2.75) is 75.5 Å². The number of hydrazine groups is 1. The number of amides is 2. The summed E-state index contributed by atoms with van der Waals surface area (Å²) in [6, 6.07) is 23.5. The zero-order valence-electron chi connectivity index (χ0n) is 24.5. The summed E-state index contributed by atoms with van der Waals surface area (Å²) in [5, 5.41) is 8.82. The van der Waals surface area contributed by atoms with Gasteiger partial charge in [-0.3, -0.25) is 20.4 Å². The number of hydrogen-bond donors (Lipinski definition) is 3. The first-order valence-electron chi connectivity index (χ1n) is 14.3. The number of anilines is 1. The van der Waals surface area contributed by atoms with Crippen LogP contribution in [0.2, 0.25) is 0 Å². The van der Waals surface area contributed by atoms with Gasteiger partial charge in [-0.1, -0.05) is 83.0 Å². The highest BCUT2D eigenvalue weighted by Crippen LogP contribution is 2.47. The van der Waals surface area contributed by atoms with Gasteiger partial charge in [0.25, 0.3) is 0 Å². The van der Waals surface area contributed by atoms with Gasteiger partial charge in [0, 0.05) is 6.42 Å². The summed E-state index contributed by atoms with van der Waals surface area (Å²) in [5.41, 5.74) is 8.17. The number of hydrogen-bond acceptors (Lipinski definition) is 6. The summed E-state index contributed by atoms with van der Waals surface area (Å²) in [6.45, 7) is 8.44. The normalized spacial score (nSPS) is 17.5. The number of ether oxygens (including phenoxy) is 1. The molecule has 3 N–H and O–H groups in total. The third-order valence-electron chi connectivity index (χ3n) is 7.12. The number of carboxylic acid groups (broad SMARTS) is 1. The minimum atomic E-state index is -1.05. The van der Waals surface area contributed by atoms with Crippen LogP contribution >= 0.6 is 11.8 Å². The molecule has 3 aromatic rings. The molecule has 9 heteroatoms. The highest BCUT2D eigenvalue weighted by atomic mass is 32.2. The number of carbonyl (C=O) groups excluding carboxylic acids is 2. The molecule has 0 radical (unpaired) electrons. The van der Waals surface area contributed by atoms with Crippen molar-refractivity contribution in [1.29, 1.82) is 0 Å². The maximum Gasteiger partial charge on any atom is 0.326 e. The van der Waals surface area contributed by atoms with Crippen molar-refractivity contribution in [2.75, 3.05) is 5.43 Å². The fraction of sp³-hybridized carbons (Fsp3) is 0.364. The van der Waals surface area contributed by atoms with E-state index in [1.165, 1.54) is 22.2 Å². The van der Waals surface area contributed by atoms with Gasteiger partial charge in [0.05, 0.1) is 10.9 Å². The molecule has 0 aromatic heterocycles. The molecule has 2 amide bonds. The molecule has 1 saturated heterocycles. The van der Waals surface area contributed by atoms with E-state index in [0.717, 1.165) is 12.0 Å². The smallest absolute Gasteiger partial charge is 0.326 e. The predicted octanol–water partition coefficient (Wildman–Crippen LogP) is 6.90. The Morgan fingerprint density at radius 3 is 2.36 bits per heavy atom. The molecule has 0 spiro atoms. The molecular formula is C33H39N3O5S. The Bertz CT molecular complexity index is 1370. The van der Waals surface area contributed by atoms with Crippen LogP contribution in [0.4, 0.5) is 5.69 Å². The van der Waals surface area contributed by atoms with Gasteiger partial charge < -0.3 is 14.7 Å². The number of unbranched alkanes of at least 4 members (excludes halogenated alkanes) is 1. The lowest BCUT2D eigenvalue weighted by atomic mass is 9.87. The van der Waals surface area contributed by atoms with Crippen molar-refractivity contribution in [1.82, 2.24) is 10.3 Å². The Kier molecular flexibility index (Phi) is 10.2. The summed E-state index contributed by atoms with van der Waals surface area (Å²) in [4.78, 5) is 40.3. The van der Waals surface area contributed by atoms with Crippen LogP contribution in [0.3, 0.4) is 0 Å². The van der Waals surface area contributed by atoms with Crippen molar-refractivity contribution in [3.63, 3.8) is 0 Å². The Hall–Kier alpha value is -3.98. The first kappa shape index (κ1) is 31.0. The number of nitrogens with one attached hydrogen (secondary N) is 2. The highest BCUT2D eigenvalue weighted by Gasteiger charge is 2.47. The summed E-state index contributed by atoms with van der Waals surface area (Å²) >= 11 is 1.30. The van der Waals surface area contributed by atoms with Crippen LogP contribution in [-0.4, -0.2) is 39.1 Å². The zero-order valence-corrected chi connectivity index (χ0v) is 25.3. The monoisotopic (exact) mass is 589 g/mol. The van der Waals surface area contributed by atoms with Gasteiger partial charge in [0.1, 0.15) is 22.9 Å². The zero-order chi connectivity index (χ0) is 30.3. The average molecular weight is 590 g/mol. The molecule has 1 aliphatic heterocycles. The van der Waals surface area contributed by atoms with Crippen LogP contribution in [-0.2, 0) is 19.8 Å². The number of nitrogens with zero attached hydrogens (tertiary/aromatic N) is 1. The second kappa shape index (κ2) is 13.8. The Morgan fingerprint density at radius 1 is 1.00 bits per heavy atom. The van der Waals surface area contributed by atoms with Gasteiger partial charge in [0.2, 0.25) is 11.8 Å². The summed E-state index contributed by atoms with van der Waals surface area (Å²) in [5.74, 6) is -0.504. The van der Waals surface area contributed by atoms with Crippen LogP contribution in [0.5, 0.6) is 11.5 Å². The van der Waals surface area contributed by atoms with Gasteiger partial charge >= 0.3 is 5.97 Å². The molecule has 0 bridgehead atoms. The van der Waals surface area contributed by atoms with Gasteiger partial charge in [-0.2, -0.15) is 0 Å². The van der Waals surface area contributed by atoms with Crippen molar-refractivity contribution in [3.8, 4) is 11.5 Å². The SMILES string of the molecule is CCCC[C@@H](C(=O)O)N1C(=O)C(CC(=O)NNc2ccccc2)SC1c1cccc(Oc2ccc(C(C)(C)C)cc2)c1. The lowest BCUT2D eigenvalue weighted by Gasteiger charge is -2.30. The largest absolute Gasteiger partial charge is 0.480 e. The summed E-state index contributed by atoms with van der Waals surface area (Å²) < 4.78 is 6.15. The first-order chi connectivity index (χ1) is 20.1. The van der Waals surface area contributed by atoms with Crippen LogP contribution < -0.4 is 15.6 Å². The Balaban J connectivity index is 1.55. The number of aliphatic carboxylic acids is 1. The second-order valence-electron chi connectivity index (χ2n) is 11.4. The lowest BCUT2D eigenvalue weighted by molar-refractivity contribution is -0.150. The van der Waals surface area contributed by atoms with Crippen molar-refractivity contribution in [3.05, 3.63) is 90.0 Å². The number of thioether (sulfide) groups is 1. The predicted molar refractivity (Wildman–Crippen MR) is 166 cm³/mol. The minimum Gasteiger partial charge on any atom is -0.480 e. The molecule has 4 rings (SSSR count).